The second-order valence-corrected chi connectivity index (χ2v) is 6.57. The Morgan fingerprint density at radius 3 is 1.19 bits per heavy atom. The maximum atomic E-state index is 13.4. The number of halogens is 17. The molecule has 1 unspecified atom stereocenters. The fourth-order valence-electron chi connectivity index (χ4n) is 1.79. The van der Waals surface area contributed by atoms with Crippen molar-refractivity contribution in [2.45, 2.75) is 66.6 Å². The summed E-state index contributed by atoms with van der Waals surface area (Å²) in [4.78, 5) is 9.25. The standard InChI is InChI=1S/C12H9F17O2.C3H4O2/c13-5(14,2-1-4(31)3-30)6(15,16)7(17,18)8(19,20)9(21,22)10(23,24)11(25,26)12(27,28)29;1-2-3(4)5/h4,30-31H,1-3H2;2H,1H2,(H,4,5). The summed E-state index contributed by atoms with van der Waals surface area (Å²) in [6, 6.07) is 0. The van der Waals surface area contributed by atoms with Crippen molar-refractivity contribution in [3.8, 4) is 0 Å². The first-order valence-electron chi connectivity index (χ1n) is 8.33. The highest BCUT2D eigenvalue weighted by molar-refractivity contribution is 5.78. The summed E-state index contributed by atoms with van der Waals surface area (Å²) < 4.78 is 220. The van der Waals surface area contributed by atoms with E-state index in [1.165, 1.54) is 0 Å². The van der Waals surface area contributed by atoms with Crippen molar-refractivity contribution in [2.24, 2.45) is 0 Å². The van der Waals surface area contributed by atoms with Gasteiger partial charge in [-0.3, -0.25) is 0 Å². The van der Waals surface area contributed by atoms with Gasteiger partial charge in [-0.25, -0.2) is 4.79 Å². The first-order chi connectivity index (χ1) is 15.5. The van der Waals surface area contributed by atoms with Crippen LogP contribution in [-0.4, -0.2) is 81.6 Å². The van der Waals surface area contributed by atoms with E-state index in [9.17, 15) is 79.4 Å². The number of carbonyl (C=O) groups is 1. The number of rotatable bonds is 11. The van der Waals surface area contributed by atoms with Crippen molar-refractivity contribution in [3.63, 3.8) is 0 Å². The molecule has 4 nitrogen and oxygen atoms in total. The number of carboxylic acid groups (broad SMARTS) is 1. The quantitative estimate of drug-likeness (QED) is 0.227. The van der Waals surface area contributed by atoms with Crippen LogP contribution in [0.5, 0.6) is 0 Å². The number of alkyl halides is 17. The summed E-state index contributed by atoms with van der Waals surface area (Å²) in [6.45, 7) is 1.48. The maximum Gasteiger partial charge on any atom is 0.460 e. The van der Waals surface area contributed by atoms with E-state index in [1.807, 2.05) is 0 Å². The number of hydrogen-bond acceptors (Lipinski definition) is 3. The Bertz CT molecular complexity index is 760. The predicted octanol–water partition coefficient (Wildman–Crippen LogP) is 5.39. The van der Waals surface area contributed by atoms with Crippen LogP contribution in [0.2, 0.25) is 0 Å². The summed E-state index contributed by atoms with van der Waals surface area (Å²) in [5.41, 5.74) is 0. The normalized spacial score (nSPS) is 15.6. The van der Waals surface area contributed by atoms with Gasteiger partial charge in [0.2, 0.25) is 0 Å². The van der Waals surface area contributed by atoms with Gasteiger partial charge in [0.1, 0.15) is 0 Å². The van der Waals surface area contributed by atoms with Gasteiger partial charge in [-0.2, -0.15) is 74.6 Å². The number of aliphatic carboxylic acids is 1. The Labute approximate surface area is 188 Å². The lowest BCUT2D eigenvalue weighted by Crippen LogP contribution is -2.74. The van der Waals surface area contributed by atoms with E-state index in [2.05, 4.69) is 6.58 Å². The van der Waals surface area contributed by atoms with E-state index >= 15 is 0 Å². The van der Waals surface area contributed by atoms with Crippen LogP contribution in [0.3, 0.4) is 0 Å². The second kappa shape index (κ2) is 10.7. The van der Waals surface area contributed by atoms with Crippen LogP contribution >= 0.6 is 0 Å². The molecule has 0 saturated heterocycles. The molecule has 21 heteroatoms. The molecule has 0 aliphatic rings. The largest absolute Gasteiger partial charge is 0.478 e. The molecule has 0 rings (SSSR count). The van der Waals surface area contributed by atoms with Gasteiger partial charge in [0, 0.05) is 12.5 Å². The fraction of sp³-hybridized carbons (Fsp3) is 0.800. The molecular weight excluding hydrogens is 567 g/mol. The van der Waals surface area contributed by atoms with Crippen LogP contribution < -0.4 is 0 Å². The molecule has 0 amide bonds. The number of hydrogen-bond donors (Lipinski definition) is 3. The molecule has 0 aliphatic carbocycles. The van der Waals surface area contributed by atoms with Gasteiger partial charge in [-0.1, -0.05) is 6.58 Å². The minimum Gasteiger partial charge on any atom is -0.478 e. The van der Waals surface area contributed by atoms with Gasteiger partial charge in [0.15, 0.2) is 0 Å². The van der Waals surface area contributed by atoms with E-state index in [0.717, 1.165) is 6.08 Å². The third-order valence-corrected chi connectivity index (χ3v) is 3.96. The predicted molar refractivity (Wildman–Crippen MR) is 80.8 cm³/mol. The Hall–Kier alpha value is -2.06. The first-order valence-corrected chi connectivity index (χ1v) is 8.33. The molecule has 1 atom stereocenters. The lowest BCUT2D eigenvalue weighted by Gasteiger charge is -2.42. The molecule has 0 bridgehead atoms. The average molecular weight is 580 g/mol. The van der Waals surface area contributed by atoms with E-state index < -0.39 is 79.2 Å². The molecule has 0 spiro atoms. The van der Waals surface area contributed by atoms with E-state index in [4.69, 9.17) is 15.3 Å². The van der Waals surface area contributed by atoms with E-state index in [-0.39, 0.29) is 0 Å². The SMILES string of the molecule is C=CC(=O)O.OCC(O)CCC(F)(F)C(F)(F)C(F)(F)C(F)(F)C(F)(F)C(F)(F)C(F)(F)C(F)(F)F. The Kier molecular flexibility index (Phi) is 10.8. The molecule has 0 radical (unpaired) electrons. The van der Waals surface area contributed by atoms with Crippen molar-refractivity contribution in [1.29, 1.82) is 0 Å². The summed E-state index contributed by atoms with van der Waals surface area (Å²) in [6.07, 6.45) is -13.9. The summed E-state index contributed by atoms with van der Waals surface area (Å²) in [5.74, 6) is -57.6. The summed E-state index contributed by atoms with van der Waals surface area (Å²) >= 11 is 0. The van der Waals surface area contributed by atoms with Crippen LogP contribution in [0.25, 0.3) is 0 Å². The molecule has 0 heterocycles. The summed E-state index contributed by atoms with van der Waals surface area (Å²) in [7, 11) is 0. The first kappa shape index (κ1) is 36.1. The fourth-order valence-corrected chi connectivity index (χ4v) is 1.79. The van der Waals surface area contributed by atoms with Gasteiger partial charge in [-0.05, 0) is 6.42 Å². The van der Waals surface area contributed by atoms with Crippen molar-refractivity contribution in [2.75, 3.05) is 6.61 Å². The molecule has 0 aliphatic heterocycles. The molecule has 0 aromatic rings. The molecule has 0 fully saturated rings. The number of aliphatic hydroxyl groups excluding tert-OH is 2. The molecule has 0 saturated carbocycles. The third-order valence-electron chi connectivity index (χ3n) is 3.96. The minimum absolute atomic E-state index is 0.833. The van der Waals surface area contributed by atoms with Gasteiger partial charge in [-0.15, -0.1) is 0 Å². The van der Waals surface area contributed by atoms with E-state index in [1.54, 1.807) is 0 Å². The molecule has 216 valence electrons. The second-order valence-electron chi connectivity index (χ2n) is 6.57. The van der Waals surface area contributed by atoms with Gasteiger partial charge in [0.25, 0.3) is 0 Å². The Balaban J connectivity index is 0. The zero-order valence-corrected chi connectivity index (χ0v) is 16.7. The highest BCUT2D eigenvalue weighted by atomic mass is 19.4. The average Bonchev–Trinajstić information content (AvgIpc) is 2.70. The number of carboxylic acids is 1. The van der Waals surface area contributed by atoms with Crippen LogP contribution in [0.1, 0.15) is 12.8 Å². The molecule has 0 aromatic heterocycles. The van der Waals surface area contributed by atoms with Crippen molar-refractivity contribution in [3.05, 3.63) is 12.7 Å². The van der Waals surface area contributed by atoms with Gasteiger partial charge < -0.3 is 15.3 Å². The molecule has 0 aromatic carbocycles. The lowest BCUT2D eigenvalue weighted by atomic mass is 9.87. The van der Waals surface area contributed by atoms with Crippen LogP contribution in [0, 0.1) is 0 Å². The highest BCUT2D eigenvalue weighted by Gasteiger charge is 2.95. The molecular formula is C15H13F17O4. The smallest absolute Gasteiger partial charge is 0.460 e. The van der Waals surface area contributed by atoms with Crippen LogP contribution in [0.15, 0.2) is 12.7 Å². The molecule has 3 N–H and O–H groups in total. The van der Waals surface area contributed by atoms with Crippen LogP contribution in [-0.2, 0) is 4.79 Å². The number of aliphatic hydroxyl groups is 2. The third kappa shape index (κ3) is 6.08. The minimum atomic E-state index is -8.66. The summed E-state index contributed by atoms with van der Waals surface area (Å²) in [5, 5.41) is 24.5. The van der Waals surface area contributed by atoms with Gasteiger partial charge in [0.05, 0.1) is 12.7 Å². The van der Waals surface area contributed by atoms with Crippen molar-refractivity contribution < 1.29 is 94.8 Å². The monoisotopic (exact) mass is 580 g/mol. The van der Waals surface area contributed by atoms with Crippen LogP contribution in [0.4, 0.5) is 74.6 Å². The maximum absolute atomic E-state index is 13.4. The Morgan fingerprint density at radius 2 is 0.944 bits per heavy atom. The van der Waals surface area contributed by atoms with Crippen molar-refractivity contribution >= 4 is 5.97 Å². The van der Waals surface area contributed by atoms with Gasteiger partial charge >= 0.3 is 53.6 Å². The van der Waals surface area contributed by atoms with Crippen molar-refractivity contribution in [1.82, 2.24) is 0 Å². The van der Waals surface area contributed by atoms with E-state index in [0.29, 0.717) is 0 Å². The molecule has 36 heavy (non-hydrogen) atoms. The lowest BCUT2D eigenvalue weighted by molar-refractivity contribution is -0.461. The topological polar surface area (TPSA) is 77.8 Å². The zero-order valence-electron chi connectivity index (χ0n) is 16.7. The zero-order chi connectivity index (χ0) is 30.0. The highest BCUT2D eigenvalue weighted by Crippen LogP contribution is 2.64. The Morgan fingerprint density at radius 1 is 0.667 bits per heavy atom.